The van der Waals surface area contributed by atoms with Crippen LogP contribution in [0.25, 0.3) is 11.5 Å². The molecule has 1 saturated carbocycles. The van der Waals surface area contributed by atoms with Crippen LogP contribution in [0.3, 0.4) is 0 Å². The molecular formula is C19H25N3O3. The van der Waals surface area contributed by atoms with E-state index in [2.05, 4.69) is 15.6 Å². The number of nitrogens with zero attached hydrogens (tertiary/aromatic N) is 1. The van der Waals surface area contributed by atoms with Crippen molar-refractivity contribution >= 4 is 11.7 Å². The zero-order chi connectivity index (χ0) is 17.6. The summed E-state index contributed by atoms with van der Waals surface area (Å²) in [6.45, 7) is 1.98. The van der Waals surface area contributed by atoms with Gasteiger partial charge in [-0.1, -0.05) is 25.3 Å². The number of amides is 2. The van der Waals surface area contributed by atoms with Gasteiger partial charge in [0, 0.05) is 29.8 Å². The first kappa shape index (κ1) is 17.5. The SMILES string of the molecule is Cc1coc(-c2cccc(NC(=O)NC3CCCCCC3CO)c2)n1. The molecule has 1 aromatic carbocycles. The molecule has 1 aliphatic rings. The van der Waals surface area contributed by atoms with Crippen LogP contribution in [-0.4, -0.2) is 28.8 Å². The monoisotopic (exact) mass is 343 g/mol. The summed E-state index contributed by atoms with van der Waals surface area (Å²) >= 11 is 0. The number of anilines is 1. The van der Waals surface area contributed by atoms with Gasteiger partial charge in [0.2, 0.25) is 5.89 Å². The van der Waals surface area contributed by atoms with Crippen molar-refractivity contribution in [3.63, 3.8) is 0 Å². The lowest BCUT2D eigenvalue weighted by Crippen LogP contribution is -2.43. The molecule has 3 rings (SSSR count). The van der Waals surface area contributed by atoms with E-state index in [-0.39, 0.29) is 24.6 Å². The summed E-state index contributed by atoms with van der Waals surface area (Å²) in [5.41, 5.74) is 2.31. The van der Waals surface area contributed by atoms with Gasteiger partial charge in [-0.05, 0) is 38.0 Å². The maximum Gasteiger partial charge on any atom is 0.319 e. The van der Waals surface area contributed by atoms with E-state index in [1.807, 2.05) is 31.2 Å². The summed E-state index contributed by atoms with van der Waals surface area (Å²) in [6.07, 6.45) is 6.83. The van der Waals surface area contributed by atoms with Gasteiger partial charge in [-0.2, -0.15) is 0 Å². The molecule has 1 fully saturated rings. The Bertz CT molecular complexity index is 713. The Balaban J connectivity index is 1.64. The predicted octanol–water partition coefficient (Wildman–Crippen LogP) is 3.71. The van der Waals surface area contributed by atoms with Crippen LogP contribution in [0.1, 0.15) is 37.8 Å². The van der Waals surface area contributed by atoms with Crippen molar-refractivity contribution < 1.29 is 14.3 Å². The third-order valence-electron chi connectivity index (χ3n) is 4.70. The van der Waals surface area contributed by atoms with Crippen molar-refractivity contribution in [3.8, 4) is 11.5 Å². The number of urea groups is 1. The van der Waals surface area contributed by atoms with E-state index < -0.39 is 0 Å². The van der Waals surface area contributed by atoms with Crippen LogP contribution in [0.2, 0.25) is 0 Å². The molecule has 0 radical (unpaired) electrons. The summed E-state index contributed by atoms with van der Waals surface area (Å²) in [6, 6.07) is 7.18. The number of aliphatic hydroxyl groups is 1. The van der Waals surface area contributed by atoms with Crippen LogP contribution in [0, 0.1) is 12.8 Å². The largest absolute Gasteiger partial charge is 0.444 e. The van der Waals surface area contributed by atoms with Gasteiger partial charge < -0.3 is 20.2 Å². The lowest BCUT2D eigenvalue weighted by atomic mass is 9.96. The van der Waals surface area contributed by atoms with E-state index in [4.69, 9.17) is 4.42 Å². The molecule has 2 unspecified atom stereocenters. The molecule has 6 nitrogen and oxygen atoms in total. The van der Waals surface area contributed by atoms with Crippen molar-refractivity contribution in [1.82, 2.24) is 10.3 Å². The first-order valence-electron chi connectivity index (χ1n) is 8.86. The van der Waals surface area contributed by atoms with E-state index in [1.54, 1.807) is 6.26 Å². The van der Waals surface area contributed by atoms with Crippen molar-refractivity contribution in [1.29, 1.82) is 0 Å². The molecule has 6 heteroatoms. The molecule has 2 aromatic rings. The van der Waals surface area contributed by atoms with Crippen LogP contribution in [0.4, 0.5) is 10.5 Å². The normalized spacial score (nSPS) is 20.7. The van der Waals surface area contributed by atoms with Gasteiger partial charge in [0.05, 0.1) is 5.69 Å². The number of hydrogen-bond acceptors (Lipinski definition) is 4. The first-order chi connectivity index (χ1) is 12.2. The first-order valence-corrected chi connectivity index (χ1v) is 8.86. The minimum Gasteiger partial charge on any atom is -0.444 e. The fraction of sp³-hybridized carbons (Fsp3) is 0.474. The van der Waals surface area contributed by atoms with Gasteiger partial charge in [0.15, 0.2) is 0 Å². The minimum absolute atomic E-state index is 0.0186. The van der Waals surface area contributed by atoms with E-state index in [0.717, 1.165) is 43.4 Å². The Kier molecular flexibility index (Phi) is 5.71. The smallest absolute Gasteiger partial charge is 0.319 e. The molecule has 0 saturated heterocycles. The highest BCUT2D eigenvalue weighted by Gasteiger charge is 2.24. The molecule has 134 valence electrons. The molecule has 0 spiro atoms. The van der Waals surface area contributed by atoms with Gasteiger partial charge in [-0.15, -0.1) is 0 Å². The van der Waals surface area contributed by atoms with E-state index >= 15 is 0 Å². The molecule has 0 aliphatic heterocycles. The lowest BCUT2D eigenvalue weighted by molar-refractivity contribution is 0.182. The second kappa shape index (κ2) is 8.16. The standard InChI is InChI=1S/C19H25N3O3/c1-13-12-25-18(20-13)14-7-5-8-16(10-14)21-19(24)22-17-9-4-2-3-6-15(17)11-23/h5,7-8,10,12,15,17,23H,2-4,6,9,11H2,1H3,(H2,21,22,24). The highest BCUT2D eigenvalue weighted by molar-refractivity contribution is 5.90. The van der Waals surface area contributed by atoms with E-state index in [9.17, 15) is 9.90 Å². The second-order valence-electron chi connectivity index (χ2n) is 6.66. The minimum atomic E-state index is -0.244. The lowest BCUT2D eigenvalue weighted by Gasteiger charge is -2.24. The van der Waals surface area contributed by atoms with Crippen molar-refractivity contribution in [2.45, 2.75) is 45.1 Å². The summed E-state index contributed by atoms with van der Waals surface area (Å²) < 4.78 is 5.41. The third kappa shape index (κ3) is 4.60. The molecular weight excluding hydrogens is 318 g/mol. The molecule has 2 atom stereocenters. The second-order valence-corrected chi connectivity index (χ2v) is 6.66. The highest BCUT2D eigenvalue weighted by atomic mass is 16.3. The average molecular weight is 343 g/mol. The molecule has 1 aliphatic carbocycles. The Morgan fingerprint density at radius 3 is 2.92 bits per heavy atom. The quantitative estimate of drug-likeness (QED) is 0.739. The topological polar surface area (TPSA) is 87.4 Å². The fourth-order valence-corrected chi connectivity index (χ4v) is 3.35. The van der Waals surface area contributed by atoms with Crippen LogP contribution < -0.4 is 10.6 Å². The van der Waals surface area contributed by atoms with Crippen LogP contribution in [0.5, 0.6) is 0 Å². The highest BCUT2D eigenvalue weighted by Crippen LogP contribution is 2.24. The Labute approximate surface area is 147 Å². The van der Waals surface area contributed by atoms with Crippen molar-refractivity contribution in [2.24, 2.45) is 5.92 Å². The van der Waals surface area contributed by atoms with Crippen molar-refractivity contribution in [2.75, 3.05) is 11.9 Å². The van der Waals surface area contributed by atoms with Gasteiger partial charge in [-0.3, -0.25) is 0 Å². The Hall–Kier alpha value is -2.34. The zero-order valence-corrected chi connectivity index (χ0v) is 14.5. The van der Waals surface area contributed by atoms with Crippen LogP contribution in [-0.2, 0) is 0 Å². The van der Waals surface area contributed by atoms with Gasteiger partial charge in [0.1, 0.15) is 6.26 Å². The van der Waals surface area contributed by atoms with Crippen LogP contribution in [0.15, 0.2) is 34.9 Å². The zero-order valence-electron chi connectivity index (χ0n) is 14.5. The number of hydrogen-bond donors (Lipinski definition) is 3. The number of carbonyl (C=O) groups is 1. The van der Waals surface area contributed by atoms with Crippen LogP contribution >= 0.6 is 0 Å². The Morgan fingerprint density at radius 2 is 2.16 bits per heavy atom. The number of aromatic nitrogens is 1. The summed E-state index contributed by atoms with van der Waals surface area (Å²) in [4.78, 5) is 16.7. The Morgan fingerprint density at radius 1 is 1.32 bits per heavy atom. The number of benzene rings is 1. The number of carbonyl (C=O) groups excluding carboxylic acids is 1. The molecule has 1 aromatic heterocycles. The molecule has 1 heterocycles. The fourth-order valence-electron chi connectivity index (χ4n) is 3.35. The molecule has 2 amide bonds. The van der Waals surface area contributed by atoms with Gasteiger partial charge in [0.25, 0.3) is 0 Å². The van der Waals surface area contributed by atoms with E-state index in [0.29, 0.717) is 11.6 Å². The number of oxazole rings is 1. The summed E-state index contributed by atoms with van der Waals surface area (Å²) in [5, 5.41) is 15.5. The van der Waals surface area contributed by atoms with E-state index in [1.165, 1.54) is 0 Å². The predicted molar refractivity (Wildman–Crippen MR) is 96.3 cm³/mol. The maximum absolute atomic E-state index is 12.4. The number of aryl methyl sites for hydroxylation is 1. The average Bonchev–Trinajstić information content (AvgIpc) is 2.91. The summed E-state index contributed by atoms with van der Waals surface area (Å²) in [5.74, 6) is 0.667. The van der Waals surface area contributed by atoms with Gasteiger partial charge in [-0.25, -0.2) is 9.78 Å². The van der Waals surface area contributed by atoms with Crippen molar-refractivity contribution in [3.05, 3.63) is 36.2 Å². The number of rotatable bonds is 4. The number of aliphatic hydroxyl groups excluding tert-OH is 1. The molecule has 3 N–H and O–H groups in total. The molecule has 25 heavy (non-hydrogen) atoms. The summed E-state index contributed by atoms with van der Waals surface area (Å²) in [7, 11) is 0. The van der Waals surface area contributed by atoms with Gasteiger partial charge >= 0.3 is 6.03 Å². The molecule has 0 bridgehead atoms. The number of nitrogens with one attached hydrogen (secondary N) is 2. The maximum atomic E-state index is 12.4. The third-order valence-corrected chi connectivity index (χ3v) is 4.70.